The Morgan fingerprint density at radius 2 is 1.25 bits per heavy atom. The first-order chi connectivity index (χ1) is 30.5. The zero-order valence-corrected chi connectivity index (χ0v) is 37.1. The Bertz CT molecular complexity index is 2670. The number of likely N-dealkylation sites (N-methyl/N-ethyl adjacent to an activating group) is 2. The molecule has 0 saturated carbocycles. The highest BCUT2D eigenvalue weighted by molar-refractivity contribution is 7.14. The van der Waals surface area contributed by atoms with Crippen LogP contribution in [0.2, 0.25) is 0 Å². The van der Waals surface area contributed by atoms with Gasteiger partial charge in [-0.15, -0.1) is 35.1 Å². The highest BCUT2D eigenvalue weighted by atomic mass is 35.5. The number of halogens is 1. The summed E-state index contributed by atoms with van der Waals surface area (Å²) in [6.45, 7) is 2.21. The molecule has 3 amide bonds. The van der Waals surface area contributed by atoms with Crippen LogP contribution in [0, 0.1) is 22.7 Å². The van der Waals surface area contributed by atoms with Crippen molar-refractivity contribution in [2.45, 2.75) is 39.3 Å². The molecule has 0 radical (unpaired) electrons. The minimum Gasteiger partial charge on any atom is -0.488 e. The highest BCUT2D eigenvalue weighted by Gasteiger charge is 2.32. The average Bonchev–Trinajstić information content (AvgIpc) is 3.88. The summed E-state index contributed by atoms with van der Waals surface area (Å²) in [5.74, 6) is 0.460. The number of rotatable bonds is 8. The first kappa shape index (κ1) is 50.4. The summed E-state index contributed by atoms with van der Waals surface area (Å²) < 4.78 is 15.9. The fourth-order valence-electron chi connectivity index (χ4n) is 6.06. The SMILES string of the molecule is C.CCOC(=O)c1nc(C#N)c(Cc2ccccc2)s1.CN1C(=O)[C@@H](N)COc2cccnc21.CN1C(=O)[C@@H](NC(=O)c2nc(C#N)c(Cc3ccccc3)s2)COc2cccnc21.Cl. The maximum Gasteiger partial charge on any atom is 0.367 e. The number of thiazole rings is 2. The van der Waals surface area contributed by atoms with Gasteiger partial charge in [0, 0.05) is 49.1 Å². The molecular weight excluding hydrogens is 892 g/mol. The number of benzene rings is 2. The molecule has 0 aliphatic carbocycles. The van der Waals surface area contributed by atoms with E-state index in [0.717, 1.165) is 27.3 Å². The second-order valence-electron chi connectivity index (χ2n) is 13.5. The van der Waals surface area contributed by atoms with E-state index >= 15 is 0 Å². The minimum absolute atomic E-state index is 0. The van der Waals surface area contributed by atoms with Crippen LogP contribution < -0.4 is 30.3 Å². The molecule has 0 spiro atoms. The Labute approximate surface area is 389 Å². The van der Waals surface area contributed by atoms with Gasteiger partial charge in [0.1, 0.15) is 37.4 Å². The number of hydrogen-bond donors (Lipinski definition) is 2. The molecule has 0 saturated heterocycles. The second kappa shape index (κ2) is 24.0. The van der Waals surface area contributed by atoms with E-state index < -0.39 is 24.0 Å². The van der Waals surface area contributed by atoms with Gasteiger partial charge < -0.3 is 25.3 Å². The summed E-state index contributed by atoms with van der Waals surface area (Å²) in [7, 11) is 3.22. The summed E-state index contributed by atoms with van der Waals surface area (Å²) in [4.78, 5) is 69.4. The third kappa shape index (κ3) is 12.7. The lowest BCUT2D eigenvalue weighted by atomic mass is 10.1. The molecule has 3 N–H and O–H groups in total. The summed E-state index contributed by atoms with van der Waals surface area (Å²) in [6, 6.07) is 28.9. The van der Waals surface area contributed by atoms with Gasteiger partial charge in [0.05, 0.1) is 6.61 Å². The van der Waals surface area contributed by atoms with Crippen LogP contribution in [-0.4, -0.2) is 89.6 Å². The standard InChI is InChI=1S/C21H17N5O3S.C14H12N2O2S.C9H11N3O2.CH4.ClH/c1-26-18-16(8-5-9-23-18)29-12-15(21(26)28)24-19(27)20-25-14(11-22)17(30-20)10-13-6-3-2-4-7-13;1-2-18-14(17)13-16-11(9-15)12(19-13)8-10-6-4-3-5-7-10;1-12-8-7(3-2-4-11-8)14-5-6(10)9(12)13;;/h2-9,15H,10,12H2,1H3,(H,24,27);3-7H,2,8H2,1H3;2-4,6H,5,10H2,1H3;1H4;1H/t15-;;6-;;/m0.0../s1. The van der Waals surface area contributed by atoms with Crippen LogP contribution in [0.5, 0.6) is 11.5 Å². The monoisotopic (exact) mass is 936 g/mol. The van der Waals surface area contributed by atoms with Crippen molar-refractivity contribution in [2.24, 2.45) is 5.73 Å². The Morgan fingerprint density at radius 3 is 1.75 bits per heavy atom. The summed E-state index contributed by atoms with van der Waals surface area (Å²) in [5, 5.41) is 21.5. The van der Waals surface area contributed by atoms with Crippen molar-refractivity contribution in [1.29, 1.82) is 10.5 Å². The lowest BCUT2D eigenvalue weighted by molar-refractivity contribution is -0.121. The third-order valence-electron chi connectivity index (χ3n) is 9.21. The van der Waals surface area contributed by atoms with E-state index in [2.05, 4.69) is 25.3 Å². The Hall–Kier alpha value is -7.29. The van der Waals surface area contributed by atoms with Crippen molar-refractivity contribution in [3.05, 3.63) is 140 Å². The van der Waals surface area contributed by atoms with E-state index in [0.29, 0.717) is 53.2 Å². The number of nitrogens with zero attached hydrogens (tertiary/aromatic N) is 8. The molecule has 4 aromatic heterocycles. The number of pyridine rings is 2. The number of esters is 1. The number of anilines is 2. The van der Waals surface area contributed by atoms with E-state index in [1.54, 1.807) is 57.7 Å². The molecule has 0 bridgehead atoms. The second-order valence-corrected chi connectivity index (χ2v) is 15.7. The van der Waals surface area contributed by atoms with Crippen molar-refractivity contribution in [3.63, 3.8) is 0 Å². The number of carbonyl (C=O) groups excluding carboxylic acids is 4. The van der Waals surface area contributed by atoms with Crippen LogP contribution in [0.1, 0.15) is 66.2 Å². The number of ether oxygens (including phenoxy) is 3. The zero-order chi connectivity index (χ0) is 44.9. The minimum atomic E-state index is -0.899. The topological polar surface area (TPSA) is 240 Å². The number of nitriles is 2. The van der Waals surface area contributed by atoms with Gasteiger partial charge in [-0.25, -0.2) is 24.7 Å². The third-order valence-corrected chi connectivity index (χ3v) is 11.3. The predicted molar refractivity (Wildman–Crippen MR) is 248 cm³/mol. The molecule has 2 aliphatic rings. The van der Waals surface area contributed by atoms with Crippen LogP contribution in [0.3, 0.4) is 0 Å². The first-order valence-corrected chi connectivity index (χ1v) is 21.0. The molecule has 20 heteroatoms. The van der Waals surface area contributed by atoms with Gasteiger partial charge in [-0.05, 0) is 42.3 Å². The quantitative estimate of drug-likeness (QED) is 0.173. The summed E-state index contributed by atoms with van der Waals surface area (Å²) in [6.07, 6.45) is 4.28. The number of fused-ring (bicyclic) bond motifs is 2. The Balaban J connectivity index is 0.000000227. The molecule has 6 aromatic rings. The molecule has 17 nitrogen and oxygen atoms in total. The largest absolute Gasteiger partial charge is 0.488 e. The number of hydrogen-bond acceptors (Lipinski definition) is 16. The van der Waals surface area contributed by atoms with Crippen molar-refractivity contribution < 1.29 is 33.4 Å². The normalized spacial score (nSPS) is 14.6. The molecule has 0 unspecified atom stereocenters. The van der Waals surface area contributed by atoms with Crippen LogP contribution in [0.15, 0.2) is 97.3 Å². The average molecular weight is 938 g/mol. The molecule has 2 aromatic carbocycles. The molecule has 6 heterocycles. The Kier molecular flexibility index (Phi) is 18.6. The molecular formula is C45H45ClN10O7S2. The molecule has 2 aliphatic heterocycles. The number of nitrogens with one attached hydrogen (secondary N) is 1. The maximum atomic E-state index is 12.8. The zero-order valence-electron chi connectivity index (χ0n) is 34.7. The van der Waals surface area contributed by atoms with E-state index in [1.807, 2.05) is 72.8 Å². The molecule has 2 atom stereocenters. The summed E-state index contributed by atoms with van der Waals surface area (Å²) in [5.41, 5.74) is 8.22. The van der Waals surface area contributed by atoms with Gasteiger partial charge in [-0.2, -0.15) is 10.5 Å². The van der Waals surface area contributed by atoms with Crippen molar-refractivity contribution >= 4 is 70.4 Å². The van der Waals surface area contributed by atoms with E-state index in [1.165, 1.54) is 21.1 Å². The fourth-order valence-corrected chi connectivity index (χ4v) is 7.95. The van der Waals surface area contributed by atoms with Crippen LogP contribution in [0.4, 0.5) is 11.6 Å². The molecule has 65 heavy (non-hydrogen) atoms. The lowest BCUT2D eigenvalue weighted by Crippen LogP contribution is -2.49. The lowest BCUT2D eigenvalue weighted by Gasteiger charge is -2.19. The summed E-state index contributed by atoms with van der Waals surface area (Å²) >= 11 is 2.37. The molecule has 8 rings (SSSR count). The first-order valence-electron chi connectivity index (χ1n) is 19.3. The Morgan fingerprint density at radius 1 is 0.769 bits per heavy atom. The predicted octanol–water partition coefficient (Wildman–Crippen LogP) is 5.76. The van der Waals surface area contributed by atoms with Crippen molar-refractivity contribution in [2.75, 3.05) is 43.7 Å². The van der Waals surface area contributed by atoms with Crippen molar-refractivity contribution in [1.82, 2.24) is 25.3 Å². The molecule has 336 valence electrons. The fraction of sp³-hybridized carbons (Fsp3) is 0.244. The van der Waals surface area contributed by atoms with E-state index in [-0.39, 0.29) is 60.6 Å². The van der Waals surface area contributed by atoms with Gasteiger partial charge in [0.25, 0.3) is 11.8 Å². The van der Waals surface area contributed by atoms with Gasteiger partial charge in [0.15, 0.2) is 39.5 Å². The van der Waals surface area contributed by atoms with E-state index in [4.69, 9.17) is 25.2 Å². The van der Waals surface area contributed by atoms with Crippen molar-refractivity contribution in [3.8, 4) is 23.6 Å². The highest BCUT2D eigenvalue weighted by Crippen LogP contribution is 2.29. The van der Waals surface area contributed by atoms with Crippen LogP contribution in [0.25, 0.3) is 0 Å². The smallest absolute Gasteiger partial charge is 0.367 e. The van der Waals surface area contributed by atoms with Gasteiger partial charge in [-0.3, -0.25) is 24.2 Å². The maximum absolute atomic E-state index is 12.8. The van der Waals surface area contributed by atoms with E-state index in [9.17, 15) is 24.4 Å². The number of nitrogens with two attached hydrogens (primary N) is 1. The van der Waals surface area contributed by atoms with Gasteiger partial charge >= 0.3 is 5.97 Å². The van der Waals surface area contributed by atoms with Crippen LogP contribution >= 0.6 is 35.1 Å². The molecule has 0 fully saturated rings. The van der Waals surface area contributed by atoms with Crippen LogP contribution in [-0.2, 0) is 27.2 Å². The van der Waals surface area contributed by atoms with Gasteiger partial charge in [-0.1, -0.05) is 68.1 Å². The number of carbonyl (C=O) groups is 4. The number of aromatic nitrogens is 4. The van der Waals surface area contributed by atoms with Gasteiger partial charge in [0.2, 0.25) is 10.9 Å². The number of amides is 3.